The summed E-state index contributed by atoms with van der Waals surface area (Å²) in [4.78, 5) is 0. The van der Waals surface area contributed by atoms with E-state index >= 15 is 0 Å². The fourth-order valence-corrected chi connectivity index (χ4v) is 1.21. The van der Waals surface area contributed by atoms with Gasteiger partial charge in [-0.25, -0.2) is 8.78 Å². The van der Waals surface area contributed by atoms with E-state index in [0.717, 1.165) is 0 Å². The third-order valence-corrected chi connectivity index (χ3v) is 2.06. The molecule has 1 aromatic rings. The number of alkyl halides is 1. The molecule has 1 nitrogen and oxygen atoms in total. The molecule has 0 heterocycles. The molecule has 3 heteroatoms. The second-order valence-corrected chi connectivity index (χ2v) is 3.24. The van der Waals surface area contributed by atoms with Gasteiger partial charge >= 0.3 is 0 Å². The summed E-state index contributed by atoms with van der Waals surface area (Å²) in [5.41, 5.74) is 4.28. The van der Waals surface area contributed by atoms with Crippen LogP contribution in [0.25, 0.3) is 0 Å². The first-order valence-corrected chi connectivity index (χ1v) is 4.21. The molecule has 0 bridgehead atoms. The normalized spacial score (nSPS) is 15.4. The lowest BCUT2D eigenvalue weighted by Gasteiger charge is -2.19. The van der Waals surface area contributed by atoms with Gasteiger partial charge in [0.2, 0.25) is 0 Å². The van der Waals surface area contributed by atoms with E-state index in [2.05, 4.69) is 0 Å². The summed E-state index contributed by atoms with van der Waals surface area (Å²) in [7, 11) is 0. The summed E-state index contributed by atoms with van der Waals surface area (Å²) in [5.74, 6) is -0.354. The van der Waals surface area contributed by atoms with Crippen molar-refractivity contribution < 1.29 is 8.78 Å². The van der Waals surface area contributed by atoms with Crippen molar-refractivity contribution in [2.24, 2.45) is 5.73 Å². The lowest BCUT2D eigenvalue weighted by atomic mass is 9.94. The van der Waals surface area contributed by atoms with Crippen molar-refractivity contribution in [3.8, 4) is 0 Å². The summed E-state index contributed by atoms with van der Waals surface area (Å²) in [6, 6.07) is 5.41. The first kappa shape index (κ1) is 10.1. The number of hydrogen-bond donors (Lipinski definition) is 1. The van der Waals surface area contributed by atoms with Crippen molar-refractivity contribution >= 4 is 0 Å². The summed E-state index contributed by atoms with van der Waals surface area (Å²) < 4.78 is 26.3. The minimum atomic E-state index is -1.46. The van der Waals surface area contributed by atoms with Crippen LogP contribution in [0.15, 0.2) is 24.3 Å². The Morgan fingerprint density at radius 1 is 1.31 bits per heavy atom. The van der Waals surface area contributed by atoms with Crippen LogP contribution in [0.4, 0.5) is 8.78 Å². The van der Waals surface area contributed by atoms with Gasteiger partial charge in [0.15, 0.2) is 0 Å². The molecule has 0 aliphatic heterocycles. The molecule has 0 radical (unpaired) electrons. The number of rotatable bonds is 3. The molecular weight excluding hydrogens is 172 g/mol. The third kappa shape index (κ3) is 2.49. The van der Waals surface area contributed by atoms with E-state index in [-0.39, 0.29) is 18.8 Å². The second kappa shape index (κ2) is 3.83. The van der Waals surface area contributed by atoms with Crippen LogP contribution in [-0.2, 0) is 5.67 Å². The minimum absolute atomic E-state index is 0.249. The Labute approximate surface area is 76.6 Å². The van der Waals surface area contributed by atoms with E-state index in [1.54, 1.807) is 0 Å². The Balaban J connectivity index is 2.87. The van der Waals surface area contributed by atoms with E-state index in [0.29, 0.717) is 5.56 Å². The van der Waals surface area contributed by atoms with Gasteiger partial charge in [0.1, 0.15) is 11.5 Å². The highest BCUT2D eigenvalue weighted by molar-refractivity contribution is 5.22. The van der Waals surface area contributed by atoms with Gasteiger partial charge in [0, 0.05) is 0 Å². The van der Waals surface area contributed by atoms with Gasteiger partial charge in [0.05, 0.1) is 0 Å². The largest absolute Gasteiger partial charge is 0.330 e. The van der Waals surface area contributed by atoms with Gasteiger partial charge in [-0.05, 0) is 37.6 Å². The maximum atomic E-state index is 13.8. The zero-order valence-electron chi connectivity index (χ0n) is 7.56. The molecule has 72 valence electrons. The van der Waals surface area contributed by atoms with Crippen LogP contribution in [-0.4, -0.2) is 6.54 Å². The highest BCUT2D eigenvalue weighted by Crippen LogP contribution is 2.28. The van der Waals surface area contributed by atoms with Crippen LogP contribution < -0.4 is 5.73 Å². The van der Waals surface area contributed by atoms with E-state index in [1.807, 2.05) is 0 Å². The molecule has 1 aromatic carbocycles. The van der Waals surface area contributed by atoms with E-state index in [4.69, 9.17) is 5.73 Å². The number of halogens is 2. The van der Waals surface area contributed by atoms with Crippen molar-refractivity contribution in [2.75, 3.05) is 6.54 Å². The maximum absolute atomic E-state index is 13.8. The van der Waals surface area contributed by atoms with E-state index in [1.165, 1.54) is 31.2 Å². The van der Waals surface area contributed by atoms with Crippen LogP contribution in [0, 0.1) is 5.82 Å². The molecule has 0 spiro atoms. The fourth-order valence-electron chi connectivity index (χ4n) is 1.21. The summed E-state index contributed by atoms with van der Waals surface area (Å²) in [5, 5.41) is 0. The molecule has 0 saturated carbocycles. The van der Waals surface area contributed by atoms with Crippen molar-refractivity contribution in [1.82, 2.24) is 0 Å². The first-order valence-electron chi connectivity index (χ1n) is 4.21. The Morgan fingerprint density at radius 3 is 2.31 bits per heavy atom. The Kier molecular flexibility index (Phi) is 2.98. The number of hydrogen-bond acceptors (Lipinski definition) is 1. The van der Waals surface area contributed by atoms with Crippen LogP contribution in [0.5, 0.6) is 0 Å². The topological polar surface area (TPSA) is 26.0 Å². The Hall–Kier alpha value is -0.960. The number of benzene rings is 1. The minimum Gasteiger partial charge on any atom is -0.330 e. The number of nitrogens with two attached hydrogens (primary N) is 1. The van der Waals surface area contributed by atoms with Crippen LogP contribution in [0.1, 0.15) is 18.9 Å². The molecule has 0 amide bonds. The maximum Gasteiger partial charge on any atom is 0.134 e. The van der Waals surface area contributed by atoms with Crippen LogP contribution in [0.2, 0.25) is 0 Å². The summed E-state index contributed by atoms with van der Waals surface area (Å²) in [6.07, 6.45) is 0.249. The molecule has 2 N–H and O–H groups in total. The predicted molar refractivity (Wildman–Crippen MR) is 48.5 cm³/mol. The van der Waals surface area contributed by atoms with E-state index in [9.17, 15) is 8.78 Å². The van der Waals surface area contributed by atoms with Gasteiger partial charge in [0.25, 0.3) is 0 Å². The first-order chi connectivity index (χ1) is 6.06. The molecule has 13 heavy (non-hydrogen) atoms. The van der Waals surface area contributed by atoms with Crippen molar-refractivity contribution in [1.29, 1.82) is 0 Å². The SMILES string of the molecule is CC(F)(CCN)c1ccc(F)cc1. The zero-order chi connectivity index (χ0) is 9.90. The molecule has 0 aliphatic rings. The van der Waals surface area contributed by atoms with Gasteiger partial charge in [-0.1, -0.05) is 12.1 Å². The van der Waals surface area contributed by atoms with Gasteiger partial charge in [-0.3, -0.25) is 0 Å². The Bertz CT molecular complexity index is 267. The molecular formula is C10H13F2N. The average Bonchev–Trinajstić information content (AvgIpc) is 2.05. The van der Waals surface area contributed by atoms with Crippen molar-refractivity contribution in [3.05, 3.63) is 35.6 Å². The average molecular weight is 185 g/mol. The molecule has 0 saturated heterocycles. The fraction of sp³-hybridized carbons (Fsp3) is 0.400. The summed E-state index contributed by atoms with van der Waals surface area (Å²) in [6.45, 7) is 1.73. The highest BCUT2D eigenvalue weighted by atomic mass is 19.1. The lowest BCUT2D eigenvalue weighted by Crippen LogP contribution is -2.19. The molecule has 0 aliphatic carbocycles. The lowest BCUT2D eigenvalue weighted by molar-refractivity contribution is 0.180. The molecule has 0 fully saturated rings. The predicted octanol–water partition coefficient (Wildman–Crippen LogP) is 2.36. The van der Waals surface area contributed by atoms with Crippen molar-refractivity contribution in [2.45, 2.75) is 19.0 Å². The third-order valence-electron chi connectivity index (χ3n) is 2.06. The van der Waals surface area contributed by atoms with Crippen LogP contribution >= 0.6 is 0 Å². The van der Waals surface area contributed by atoms with Crippen molar-refractivity contribution in [3.63, 3.8) is 0 Å². The second-order valence-electron chi connectivity index (χ2n) is 3.24. The van der Waals surface area contributed by atoms with Crippen LogP contribution in [0.3, 0.4) is 0 Å². The standard InChI is InChI=1S/C10H13F2N/c1-10(12,6-7-13)8-2-4-9(11)5-3-8/h2-5H,6-7,13H2,1H3. The smallest absolute Gasteiger partial charge is 0.134 e. The quantitative estimate of drug-likeness (QED) is 0.768. The van der Waals surface area contributed by atoms with Gasteiger partial charge in [-0.2, -0.15) is 0 Å². The molecule has 1 atom stereocenters. The zero-order valence-corrected chi connectivity index (χ0v) is 7.56. The molecule has 1 unspecified atom stereocenters. The monoisotopic (exact) mass is 185 g/mol. The van der Waals surface area contributed by atoms with E-state index < -0.39 is 5.67 Å². The highest BCUT2D eigenvalue weighted by Gasteiger charge is 2.24. The van der Waals surface area contributed by atoms with Gasteiger partial charge < -0.3 is 5.73 Å². The molecule has 0 aromatic heterocycles. The Morgan fingerprint density at radius 2 is 1.85 bits per heavy atom. The van der Waals surface area contributed by atoms with Gasteiger partial charge in [-0.15, -0.1) is 0 Å². The summed E-state index contributed by atoms with van der Waals surface area (Å²) >= 11 is 0. The molecule has 1 rings (SSSR count).